The number of oxazole rings is 3. The van der Waals surface area contributed by atoms with E-state index in [1.165, 1.54) is 36.8 Å². The third-order valence-corrected chi connectivity index (χ3v) is 14.6. The molecule has 0 amide bonds. The number of phenolic OH excluding ortho intramolecular Hbond substituents is 3. The van der Waals surface area contributed by atoms with Gasteiger partial charge in [0.2, 0.25) is 0 Å². The maximum absolute atomic E-state index is 11.0. The number of aldehydes is 1. The minimum absolute atomic E-state index is 0. The van der Waals surface area contributed by atoms with Crippen LogP contribution in [0, 0.1) is 20.2 Å². The third-order valence-electron chi connectivity index (χ3n) is 14.6. The minimum atomic E-state index is -1.31. The number of nitrogens with two attached hydrogens (primary N) is 1. The molecule has 0 unspecified atom stereocenters. The summed E-state index contributed by atoms with van der Waals surface area (Å²) in [6, 6.07) is 38.9. The summed E-state index contributed by atoms with van der Waals surface area (Å²) in [6.45, 7) is 2.57. The smallest absolute Gasteiger partial charge is 0.417 e. The highest BCUT2D eigenvalue weighted by atomic mass is 16.7. The zero-order valence-corrected chi connectivity index (χ0v) is 57.6. The van der Waals surface area contributed by atoms with Crippen LogP contribution in [-0.2, 0) is 59.3 Å². The lowest BCUT2D eigenvalue weighted by atomic mass is 9.84. The molecule has 1 aliphatic rings. The number of hydrogen-bond donors (Lipinski definition) is 13. The highest BCUT2D eigenvalue weighted by Gasteiger charge is 2.20. The number of fused-ring (bicyclic) bond motifs is 3. The summed E-state index contributed by atoms with van der Waals surface area (Å²) in [5.41, 5.74) is 25.3. The Balaban J connectivity index is 0.000000429. The third kappa shape index (κ3) is 35.2. The van der Waals surface area contributed by atoms with Gasteiger partial charge in [-0.3, -0.25) is 63.9 Å². The number of nitrogens with zero attached hydrogens (tertiary/aromatic N) is 5. The van der Waals surface area contributed by atoms with Crippen molar-refractivity contribution in [3.05, 3.63) is 247 Å². The first-order valence-electron chi connectivity index (χ1n) is 32.4. The number of aromatic hydroxyl groups is 3. The van der Waals surface area contributed by atoms with E-state index in [9.17, 15) is 78.4 Å². The fourth-order valence-corrected chi connectivity index (χ4v) is 9.49. The van der Waals surface area contributed by atoms with Crippen LogP contribution < -0.4 is 28.5 Å². The van der Waals surface area contributed by atoms with Gasteiger partial charge in [-0.25, -0.2) is 19.2 Å². The average molecular weight is 1530 g/mol. The van der Waals surface area contributed by atoms with Gasteiger partial charge in [0, 0.05) is 74.6 Å². The molecule has 3 heterocycles. The quantitative estimate of drug-likeness (QED) is 0.00242. The van der Waals surface area contributed by atoms with Crippen molar-refractivity contribution in [2.45, 2.75) is 111 Å². The number of nitrogen functional groups attached to an aromatic ring is 1. The first kappa shape index (κ1) is 92.1. The molecule has 1 aliphatic carbocycles. The van der Waals surface area contributed by atoms with E-state index in [1.54, 1.807) is 12.1 Å². The van der Waals surface area contributed by atoms with E-state index in [-0.39, 0.29) is 45.2 Å². The van der Waals surface area contributed by atoms with E-state index in [0.29, 0.717) is 82.0 Å². The zero-order valence-electron chi connectivity index (χ0n) is 57.6. The van der Waals surface area contributed by atoms with Gasteiger partial charge in [0.05, 0.1) is 32.1 Å². The van der Waals surface area contributed by atoms with Crippen molar-refractivity contribution in [3.8, 4) is 17.2 Å². The number of nitro groups is 2. The maximum atomic E-state index is 11.0. The molecule has 0 spiro atoms. The Labute approximate surface area is 624 Å². The van der Waals surface area contributed by atoms with Crippen molar-refractivity contribution >= 4 is 98.4 Å². The fourth-order valence-electron chi connectivity index (χ4n) is 9.49. The number of aliphatic hydroxyl groups excluding tert-OH is 1. The van der Waals surface area contributed by atoms with Gasteiger partial charge in [-0.15, -0.1) is 0 Å². The molecule has 586 valence electrons. The lowest BCUT2D eigenvalue weighted by Gasteiger charge is -2.20. The molecule has 0 atom stereocenters. The van der Waals surface area contributed by atoms with Crippen molar-refractivity contribution in [1.82, 2.24) is 20.4 Å². The van der Waals surface area contributed by atoms with Gasteiger partial charge in [0.15, 0.2) is 28.2 Å². The first-order chi connectivity index (χ1) is 51.5. The Kier molecular flexibility index (Phi) is 41.0. The SMILES string of the molecule is C.C.CC(=O)ONCCCc1ccc2[nH]c(=O)oc2c1.Nc1ccc(CCC(=O)O)cc1O.O=C(O)/C=C/c1ccc([N+](=O)[O-])c(O)c1.O=C(O)CC(=O)O.O=C1CCC(c2ccccc2)CC1.O=Cc1ccc([N+](=O)[O-])c(O)c1.O=c1[nH]c2ccc(CCCO)cc2o1.[N-]=[N+]=NCCCc1ccc2[nH]c(=O)oc2c1. The van der Waals surface area contributed by atoms with Gasteiger partial charge in [-0.05, 0) is 181 Å². The molecule has 1 saturated carbocycles. The number of carboxylic acids is 4. The zero-order chi connectivity index (χ0) is 79.7. The predicted molar refractivity (Wildman–Crippen MR) is 402 cm³/mol. The summed E-state index contributed by atoms with van der Waals surface area (Å²) in [4.78, 5) is 138. The van der Waals surface area contributed by atoms with Crippen molar-refractivity contribution in [2.75, 3.05) is 25.4 Å². The number of aromatic nitrogens is 3. The van der Waals surface area contributed by atoms with E-state index in [1.807, 2.05) is 60.7 Å². The number of aromatic amines is 3. The second-order valence-electron chi connectivity index (χ2n) is 22.8. The van der Waals surface area contributed by atoms with Gasteiger partial charge in [0.1, 0.15) is 24.2 Å². The standard InChI is InChI=1S/C12H14N2O4.C12H14O.C10H10N4O2.C10H11NO3.C9H7NO5.C9H11NO3.C7H5NO4.C3H4O4.2CH4/c1-8(15)18-13-6-2-3-9-4-5-10-11(7-9)17-12(16)14-10;13-12-8-6-11(7-9-12)10-4-2-1-3-5-10;11-14-12-5-1-2-7-3-4-8-9(6-7)16-10(15)13-8;12-5-1-2-7-3-4-8-9(6-7)14-10(13)11-8;11-8-5-6(2-4-9(12)13)1-3-7(8)10(14)15;10-7-3-1-6(5-8(7)11)2-4-9(12)13;9-4-5-1-2-6(8(11)12)7(10)3-5;4-2(5)1-3(6)7;;/h4-5,7,13H,2-3,6H2,1H3,(H,14,16);1-5,11H,6-9H2;3-4,6H,1-2,5H2,(H,13,15);3-4,6,12H,1-2,5H2,(H,11,13);1-5,11H,(H,12,13);1,3,5,11H,2,4,10H2,(H,12,13);1-4,10H;1H2,(H,4,5)(H,6,7);2*1H4/b;;;;4-2+;;;;;. The van der Waals surface area contributed by atoms with Crippen LogP contribution in [0.2, 0.25) is 0 Å². The highest BCUT2D eigenvalue weighted by Crippen LogP contribution is 2.31. The molecule has 3 aromatic heterocycles. The van der Waals surface area contributed by atoms with E-state index >= 15 is 0 Å². The maximum Gasteiger partial charge on any atom is 0.417 e. The molecule has 0 saturated heterocycles. The van der Waals surface area contributed by atoms with E-state index < -0.39 is 80.3 Å². The number of carbonyl (C=O) groups excluding carboxylic acids is 3. The molecular formula is C74H84N10O26. The van der Waals surface area contributed by atoms with E-state index in [4.69, 9.17) is 55.2 Å². The number of anilines is 1. The summed E-state index contributed by atoms with van der Waals surface area (Å²) in [7, 11) is 0. The number of Topliss-reactive ketones (excluding diaryl/α,β-unsaturated/α-hetero) is 1. The Bertz CT molecular complexity index is 4930. The monoisotopic (exact) mass is 1530 g/mol. The Hall–Kier alpha value is -14.0. The van der Waals surface area contributed by atoms with Crippen LogP contribution in [0.15, 0.2) is 178 Å². The minimum Gasteiger partial charge on any atom is -0.506 e. The molecule has 10 aromatic rings. The molecule has 0 aliphatic heterocycles. The number of H-pyrrole nitrogens is 3. The predicted octanol–water partition coefficient (Wildman–Crippen LogP) is 11.8. The molecule has 7 aromatic carbocycles. The van der Waals surface area contributed by atoms with Crippen LogP contribution in [0.1, 0.15) is 129 Å². The number of nitrogens with one attached hydrogen (secondary N) is 4. The normalized spacial score (nSPS) is 11.0. The molecule has 0 radical (unpaired) electrons. The largest absolute Gasteiger partial charge is 0.506 e. The number of hydrogen-bond acceptors (Lipinski definition) is 25. The fraction of sp³-hybridized carbons (Fsp3) is 0.270. The number of phenols is 3. The second kappa shape index (κ2) is 48.9. The second-order valence-corrected chi connectivity index (χ2v) is 22.8. The number of aliphatic carboxylic acids is 4. The van der Waals surface area contributed by atoms with Crippen molar-refractivity contribution in [1.29, 1.82) is 0 Å². The topological polar surface area (TPSA) is 602 Å². The number of rotatable bonds is 23. The van der Waals surface area contributed by atoms with Crippen LogP contribution >= 0.6 is 0 Å². The molecular weight excluding hydrogens is 1440 g/mol. The lowest BCUT2D eigenvalue weighted by Crippen LogP contribution is -2.19. The van der Waals surface area contributed by atoms with Gasteiger partial charge < -0.3 is 64.7 Å². The van der Waals surface area contributed by atoms with Gasteiger partial charge in [0.25, 0.3) is 0 Å². The molecule has 1 fully saturated rings. The van der Waals surface area contributed by atoms with Crippen molar-refractivity contribution < 1.29 is 102 Å². The van der Waals surface area contributed by atoms with Crippen molar-refractivity contribution in [2.24, 2.45) is 5.11 Å². The number of carboxylic acid groups (broad SMARTS) is 4. The summed E-state index contributed by atoms with van der Waals surface area (Å²) < 4.78 is 14.8. The number of aliphatic hydroxyl groups is 1. The number of azide groups is 1. The molecule has 0 bridgehead atoms. The van der Waals surface area contributed by atoms with Crippen LogP contribution in [0.3, 0.4) is 0 Å². The number of aryl methyl sites for hydroxylation is 4. The van der Waals surface area contributed by atoms with Gasteiger partial charge in [-0.2, -0.15) is 5.48 Å². The van der Waals surface area contributed by atoms with Crippen LogP contribution in [0.25, 0.3) is 49.8 Å². The van der Waals surface area contributed by atoms with Crippen molar-refractivity contribution in [3.63, 3.8) is 0 Å². The number of carbonyl (C=O) groups is 7. The van der Waals surface area contributed by atoms with Gasteiger partial charge >= 0.3 is 58.5 Å². The number of ketones is 1. The summed E-state index contributed by atoms with van der Waals surface area (Å²) >= 11 is 0. The Morgan fingerprint density at radius 2 is 1.07 bits per heavy atom. The Morgan fingerprint density at radius 3 is 1.48 bits per heavy atom. The van der Waals surface area contributed by atoms with Crippen LogP contribution in [0.4, 0.5) is 17.1 Å². The number of hydroxylamine groups is 1. The van der Waals surface area contributed by atoms with Gasteiger partial charge in [-0.1, -0.05) is 74.6 Å². The van der Waals surface area contributed by atoms with Crippen LogP contribution in [0.5, 0.6) is 17.2 Å². The molecule has 36 nitrogen and oxygen atoms in total. The molecule has 14 N–H and O–H groups in total. The lowest BCUT2D eigenvalue weighted by molar-refractivity contribution is -0.386. The summed E-state index contributed by atoms with van der Waals surface area (Å²) in [5.74, 6) is -6.21. The Morgan fingerprint density at radius 1 is 0.618 bits per heavy atom. The number of nitro benzene ring substituents is 2. The molecule has 11 rings (SSSR count). The number of benzene rings is 7. The summed E-state index contributed by atoms with van der Waals surface area (Å²) in [5, 5.41) is 92.2. The van der Waals surface area contributed by atoms with Crippen LogP contribution in [-0.4, -0.2) is 127 Å². The highest BCUT2D eigenvalue weighted by molar-refractivity contribution is 5.89. The summed E-state index contributed by atoms with van der Waals surface area (Å²) in [6.07, 6.45) is 10.6. The molecule has 36 heteroatoms. The molecule has 110 heavy (non-hydrogen) atoms. The first-order valence-corrected chi connectivity index (χ1v) is 32.4. The van der Waals surface area contributed by atoms with E-state index in [0.717, 1.165) is 117 Å². The average Bonchev–Trinajstić information content (AvgIpc) is 1.60. The van der Waals surface area contributed by atoms with E-state index in [2.05, 4.69) is 59.6 Å².